The zero-order chi connectivity index (χ0) is 20.3. The van der Waals surface area contributed by atoms with E-state index in [2.05, 4.69) is 44.5 Å². The van der Waals surface area contributed by atoms with Crippen molar-refractivity contribution >= 4 is 17.8 Å². The number of anilines is 1. The van der Waals surface area contributed by atoms with Crippen LogP contribution in [0, 0.1) is 0 Å². The van der Waals surface area contributed by atoms with Gasteiger partial charge in [-0.05, 0) is 12.0 Å². The van der Waals surface area contributed by atoms with Gasteiger partial charge in [0.25, 0.3) is 5.91 Å². The van der Waals surface area contributed by atoms with Crippen molar-refractivity contribution in [1.29, 1.82) is 0 Å². The molecule has 1 aromatic heterocycles. The van der Waals surface area contributed by atoms with Crippen LogP contribution < -0.4 is 5.32 Å². The fourth-order valence-electron chi connectivity index (χ4n) is 3.20. The number of hydrogen-bond donors (Lipinski definition) is 1. The fraction of sp³-hybridized carbons (Fsp3) is 0.409. The molecule has 29 heavy (non-hydrogen) atoms. The number of nitrogens with zero attached hydrogens (tertiary/aromatic N) is 4. The molecule has 2 aromatic rings. The summed E-state index contributed by atoms with van der Waals surface area (Å²) < 4.78 is 5.03. The molecule has 0 spiro atoms. The van der Waals surface area contributed by atoms with Crippen LogP contribution in [0.25, 0.3) is 6.08 Å². The summed E-state index contributed by atoms with van der Waals surface area (Å²) in [5, 5.41) is 3.20. The van der Waals surface area contributed by atoms with Gasteiger partial charge in [-0.15, -0.1) is 0 Å². The number of aromatic nitrogens is 2. The second kappa shape index (κ2) is 11.3. The molecule has 0 radical (unpaired) electrons. The van der Waals surface area contributed by atoms with Crippen molar-refractivity contribution in [3.8, 4) is 0 Å². The number of benzene rings is 1. The second-order valence-corrected chi connectivity index (χ2v) is 6.97. The third-order valence-corrected chi connectivity index (χ3v) is 4.85. The Kier molecular flexibility index (Phi) is 8.15. The molecule has 1 aliphatic heterocycles. The molecule has 1 aliphatic rings. The minimum atomic E-state index is -0.0354. The van der Waals surface area contributed by atoms with Gasteiger partial charge in [-0.3, -0.25) is 9.69 Å². The fourth-order valence-corrected chi connectivity index (χ4v) is 3.20. The number of carbonyl (C=O) groups excluding carboxylic acids is 1. The van der Waals surface area contributed by atoms with E-state index in [1.165, 1.54) is 11.9 Å². The highest BCUT2D eigenvalue weighted by atomic mass is 16.5. The maximum Gasteiger partial charge on any atom is 0.272 e. The van der Waals surface area contributed by atoms with Crippen molar-refractivity contribution in [3.05, 3.63) is 60.1 Å². The van der Waals surface area contributed by atoms with Gasteiger partial charge < -0.3 is 15.0 Å². The molecule has 1 aromatic carbocycles. The minimum absolute atomic E-state index is 0.0354. The van der Waals surface area contributed by atoms with Gasteiger partial charge in [-0.25, -0.2) is 9.97 Å². The number of carbonyl (C=O) groups is 1. The Balaban J connectivity index is 1.45. The molecule has 3 rings (SSSR count). The number of amides is 1. The first kappa shape index (κ1) is 21.0. The van der Waals surface area contributed by atoms with Gasteiger partial charge in [-0.2, -0.15) is 0 Å². The molecule has 0 unspecified atom stereocenters. The standard InChI is InChI=1S/C22H29N5O2/c1-29-16-6-10-23-21-17-20(24-18-25-21)22(28)27-14-12-26(13-15-27)11-5-9-19-7-3-2-4-8-19/h2-5,7-9,17-18H,6,10-16H2,1H3,(H,23,24,25)/b9-5+. The van der Waals surface area contributed by atoms with E-state index in [0.29, 0.717) is 31.2 Å². The predicted octanol–water partition coefficient (Wildman–Crippen LogP) is 2.40. The van der Waals surface area contributed by atoms with E-state index in [4.69, 9.17) is 4.74 Å². The highest BCUT2D eigenvalue weighted by Crippen LogP contribution is 2.10. The molecule has 1 saturated heterocycles. The Bertz CT molecular complexity index is 789. The van der Waals surface area contributed by atoms with E-state index in [9.17, 15) is 4.79 Å². The van der Waals surface area contributed by atoms with Crippen LogP contribution in [-0.2, 0) is 4.74 Å². The first-order chi connectivity index (χ1) is 14.3. The van der Waals surface area contributed by atoms with Crippen LogP contribution in [0.15, 0.2) is 48.8 Å². The van der Waals surface area contributed by atoms with Gasteiger partial charge in [0.2, 0.25) is 0 Å². The number of hydrogen-bond acceptors (Lipinski definition) is 6. The molecule has 154 valence electrons. The minimum Gasteiger partial charge on any atom is -0.385 e. The van der Waals surface area contributed by atoms with Crippen molar-refractivity contribution < 1.29 is 9.53 Å². The topological polar surface area (TPSA) is 70.6 Å². The first-order valence-corrected chi connectivity index (χ1v) is 10.0. The summed E-state index contributed by atoms with van der Waals surface area (Å²) in [6, 6.07) is 12.0. The average Bonchev–Trinajstić information content (AvgIpc) is 2.78. The SMILES string of the molecule is COCCCNc1cc(C(=O)N2CCN(C/C=C/c3ccccc3)CC2)ncn1. The van der Waals surface area contributed by atoms with E-state index in [-0.39, 0.29) is 5.91 Å². The van der Waals surface area contributed by atoms with Crippen LogP contribution in [0.2, 0.25) is 0 Å². The molecule has 0 saturated carbocycles. The normalized spacial score (nSPS) is 15.0. The van der Waals surface area contributed by atoms with Gasteiger partial charge in [0.05, 0.1) is 0 Å². The molecule has 7 nitrogen and oxygen atoms in total. The summed E-state index contributed by atoms with van der Waals surface area (Å²) in [7, 11) is 1.68. The van der Waals surface area contributed by atoms with Gasteiger partial charge in [0.15, 0.2) is 0 Å². The molecule has 0 bridgehead atoms. The molecule has 1 N–H and O–H groups in total. The van der Waals surface area contributed by atoms with E-state index < -0.39 is 0 Å². The van der Waals surface area contributed by atoms with Gasteiger partial charge in [0.1, 0.15) is 17.8 Å². The number of ether oxygens (including phenoxy) is 1. The van der Waals surface area contributed by atoms with Crippen LogP contribution in [0.1, 0.15) is 22.5 Å². The Morgan fingerprint density at radius 3 is 2.72 bits per heavy atom. The van der Waals surface area contributed by atoms with Gasteiger partial charge in [-0.1, -0.05) is 42.5 Å². The number of piperazine rings is 1. The number of nitrogens with one attached hydrogen (secondary N) is 1. The maximum absolute atomic E-state index is 12.8. The van der Waals surface area contributed by atoms with Crippen LogP contribution in [-0.4, -0.2) is 78.7 Å². The van der Waals surface area contributed by atoms with Crippen LogP contribution in [0.4, 0.5) is 5.82 Å². The largest absolute Gasteiger partial charge is 0.385 e. The third-order valence-electron chi connectivity index (χ3n) is 4.85. The summed E-state index contributed by atoms with van der Waals surface area (Å²) in [6.07, 6.45) is 6.64. The lowest BCUT2D eigenvalue weighted by Crippen LogP contribution is -2.48. The maximum atomic E-state index is 12.8. The summed E-state index contributed by atoms with van der Waals surface area (Å²) in [5.41, 5.74) is 1.64. The van der Waals surface area contributed by atoms with E-state index >= 15 is 0 Å². The summed E-state index contributed by atoms with van der Waals surface area (Å²) >= 11 is 0. The molecule has 7 heteroatoms. The van der Waals surface area contributed by atoms with Gasteiger partial charge in [0, 0.05) is 59.1 Å². The van der Waals surface area contributed by atoms with Gasteiger partial charge >= 0.3 is 0 Å². The Labute approximate surface area is 172 Å². The third kappa shape index (κ3) is 6.66. The number of methoxy groups -OCH3 is 1. The predicted molar refractivity (Wildman–Crippen MR) is 115 cm³/mol. The first-order valence-electron chi connectivity index (χ1n) is 10.0. The summed E-state index contributed by atoms with van der Waals surface area (Å²) in [6.45, 7) is 5.45. The van der Waals surface area contributed by atoms with Crippen LogP contribution >= 0.6 is 0 Å². The smallest absolute Gasteiger partial charge is 0.272 e. The lowest BCUT2D eigenvalue weighted by atomic mass is 10.2. The summed E-state index contributed by atoms with van der Waals surface area (Å²) in [4.78, 5) is 25.4. The Hall–Kier alpha value is -2.77. The highest BCUT2D eigenvalue weighted by Gasteiger charge is 2.22. The van der Waals surface area contributed by atoms with Crippen molar-refractivity contribution in [3.63, 3.8) is 0 Å². The molecule has 1 amide bonds. The Morgan fingerprint density at radius 1 is 1.17 bits per heavy atom. The zero-order valence-electron chi connectivity index (χ0n) is 17.0. The molecule has 0 atom stereocenters. The summed E-state index contributed by atoms with van der Waals surface area (Å²) in [5.74, 6) is 0.635. The lowest BCUT2D eigenvalue weighted by Gasteiger charge is -2.34. The molecular weight excluding hydrogens is 366 g/mol. The van der Waals surface area contributed by atoms with E-state index in [1.54, 1.807) is 13.2 Å². The van der Waals surface area contributed by atoms with Crippen molar-refractivity contribution in [2.75, 3.05) is 58.3 Å². The second-order valence-electron chi connectivity index (χ2n) is 6.97. The molecule has 0 aliphatic carbocycles. The van der Waals surface area contributed by atoms with Crippen LogP contribution in [0.5, 0.6) is 0 Å². The van der Waals surface area contributed by atoms with Crippen molar-refractivity contribution in [1.82, 2.24) is 19.8 Å². The van der Waals surface area contributed by atoms with E-state index in [1.807, 2.05) is 23.1 Å². The van der Waals surface area contributed by atoms with E-state index in [0.717, 1.165) is 32.6 Å². The highest BCUT2D eigenvalue weighted by molar-refractivity contribution is 5.93. The lowest BCUT2D eigenvalue weighted by molar-refractivity contribution is 0.0644. The average molecular weight is 396 g/mol. The van der Waals surface area contributed by atoms with Crippen molar-refractivity contribution in [2.45, 2.75) is 6.42 Å². The van der Waals surface area contributed by atoms with Crippen molar-refractivity contribution in [2.24, 2.45) is 0 Å². The number of rotatable bonds is 9. The molecule has 2 heterocycles. The monoisotopic (exact) mass is 395 g/mol. The van der Waals surface area contributed by atoms with Crippen LogP contribution in [0.3, 0.4) is 0 Å². The molecular formula is C22H29N5O2. The quantitative estimate of drug-likeness (QED) is 0.658. The Morgan fingerprint density at radius 2 is 1.97 bits per heavy atom. The molecule has 1 fully saturated rings. The zero-order valence-corrected chi connectivity index (χ0v) is 17.0.